The number of aryl methyl sites for hydroxylation is 1. The van der Waals surface area contributed by atoms with Crippen LogP contribution in [0.15, 0.2) is 60.1 Å². The number of nitrogens with zero attached hydrogens (tertiary/aromatic N) is 2. The lowest BCUT2D eigenvalue weighted by Gasteiger charge is -2.13. The number of nitrogen functional groups attached to an aromatic ring is 1. The molecule has 8 heteroatoms. The second kappa shape index (κ2) is 9.74. The van der Waals surface area contributed by atoms with Crippen molar-refractivity contribution in [1.82, 2.24) is 9.55 Å². The first-order valence-electron chi connectivity index (χ1n) is 11.2. The topological polar surface area (TPSA) is 91.4 Å². The number of fused-ring (bicyclic) bond motifs is 2. The van der Waals surface area contributed by atoms with Crippen LogP contribution in [0.25, 0.3) is 32.1 Å². The van der Waals surface area contributed by atoms with Gasteiger partial charge >= 0.3 is 0 Å². The Morgan fingerprint density at radius 2 is 2.03 bits per heavy atom. The van der Waals surface area contributed by atoms with Crippen molar-refractivity contribution in [1.29, 1.82) is 0 Å². The van der Waals surface area contributed by atoms with Crippen LogP contribution in [-0.4, -0.2) is 36.3 Å². The van der Waals surface area contributed by atoms with E-state index in [0.29, 0.717) is 29.6 Å². The summed E-state index contributed by atoms with van der Waals surface area (Å²) in [6, 6.07) is 15.4. The summed E-state index contributed by atoms with van der Waals surface area (Å²) in [6.45, 7) is 0.341. The number of nitrogens with two attached hydrogens (primary N) is 1. The molecule has 0 aliphatic rings. The van der Waals surface area contributed by atoms with Crippen molar-refractivity contribution < 1.29 is 14.3 Å². The number of hydrogen-bond acceptors (Lipinski definition) is 6. The van der Waals surface area contributed by atoms with Crippen LogP contribution in [0.2, 0.25) is 0 Å². The van der Waals surface area contributed by atoms with E-state index in [1.807, 2.05) is 65.5 Å². The van der Waals surface area contributed by atoms with Crippen LogP contribution in [0, 0.1) is 11.8 Å². The molecule has 3 N–H and O–H groups in total. The molecule has 0 aliphatic carbocycles. The maximum Gasteiger partial charge on any atom is 0.272 e. The van der Waals surface area contributed by atoms with Crippen molar-refractivity contribution >= 4 is 49.7 Å². The zero-order valence-corrected chi connectivity index (χ0v) is 20.9. The first-order valence-corrected chi connectivity index (χ1v) is 12.1. The molecule has 0 unspecified atom stereocenters. The molecule has 7 nitrogen and oxygen atoms in total. The molecule has 0 saturated carbocycles. The molecule has 0 atom stereocenters. The number of benzene rings is 2. The number of carbonyl (C=O) groups is 1. The first-order chi connectivity index (χ1) is 17.5. The fraction of sp³-hybridized carbons (Fsp3) is 0.143. The highest BCUT2D eigenvalue weighted by Crippen LogP contribution is 2.40. The summed E-state index contributed by atoms with van der Waals surface area (Å²) in [5.41, 5.74) is 11.0. The number of aromatic nitrogens is 2. The highest BCUT2D eigenvalue weighted by molar-refractivity contribution is 7.18. The number of hydrogen-bond donors (Lipinski definition) is 2. The predicted molar refractivity (Wildman–Crippen MR) is 146 cm³/mol. The number of ether oxygens (including phenoxy) is 2. The van der Waals surface area contributed by atoms with Crippen LogP contribution in [-0.2, 0) is 11.8 Å². The van der Waals surface area contributed by atoms with E-state index < -0.39 is 0 Å². The van der Waals surface area contributed by atoms with Gasteiger partial charge in [0.15, 0.2) is 0 Å². The van der Waals surface area contributed by atoms with E-state index in [9.17, 15) is 4.79 Å². The Morgan fingerprint density at radius 1 is 1.19 bits per heavy atom. The van der Waals surface area contributed by atoms with Crippen molar-refractivity contribution in [2.24, 2.45) is 7.05 Å². The molecule has 0 bridgehead atoms. The maximum atomic E-state index is 13.1. The van der Waals surface area contributed by atoms with Gasteiger partial charge < -0.3 is 25.1 Å². The smallest absolute Gasteiger partial charge is 0.272 e. The molecule has 0 saturated heterocycles. The van der Waals surface area contributed by atoms with E-state index in [-0.39, 0.29) is 5.91 Å². The summed E-state index contributed by atoms with van der Waals surface area (Å²) in [6.07, 6.45) is 1.69. The van der Waals surface area contributed by atoms with E-state index in [1.165, 1.54) is 0 Å². The molecule has 5 aromatic rings. The van der Waals surface area contributed by atoms with E-state index in [0.717, 1.165) is 37.7 Å². The minimum Gasteiger partial charge on any atom is -0.495 e. The summed E-state index contributed by atoms with van der Waals surface area (Å²) < 4.78 is 13.5. The first kappa shape index (κ1) is 23.4. The molecule has 3 heterocycles. The third-order valence-electron chi connectivity index (χ3n) is 6.01. The van der Waals surface area contributed by atoms with Gasteiger partial charge in [-0.25, -0.2) is 4.98 Å². The minimum absolute atomic E-state index is 0.214. The van der Waals surface area contributed by atoms with Crippen molar-refractivity contribution in [3.63, 3.8) is 0 Å². The number of rotatable bonds is 5. The van der Waals surface area contributed by atoms with Crippen LogP contribution in [0.3, 0.4) is 0 Å². The largest absolute Gasteiger partial charge is 0.495 e. The van der Waals surface area contributed by atoms with Gasteiger partial charge in [-0.15, -0.1) is 11.3 Å². The van der Waals surface area contributed by atoms with E-state index in [4.69, 9.17) is 15.2 Å². The van der Waals surface area contributed by atoms with Crippen molar-refractivity contribution in [3.05, 3.63) is 71.4 Å². The van der Waals surface area contributed by atoms with Crippen LogP contribution < -0.4 is 15.8 Å². The van der Waals surface area contributed by atoms with Gasteiger partial charge in [-0.1, -0.05) is 36.1 Å². The molecule has 3 aromatic heterocycles. The highest BCUT2D eigenvalue weighted by atomic mass is 32.1. The Labute approximate surface area is 212 Å². The minimum atomic E-state index is -0.214. The fourth-order valence-electron chi connectivity index (χ4n) is 4.23. The quantitative estimate of drug-likeness (QED) is 0.322. The van der Waals surface area contributed by atoms with Gasteiger partial charge in [0.25, 0.3) is 5.91 Å². The average molecular weight is 497 g/mol. The molecule has 180 valence electrons. The van der Waals surface area contributed by atoms with Gasteiger partial charge in [0.1, 0.15) is 23.9 Å². The normalized spacial score (nSPS) is 10.9. The van der Waals surface area contributed by atoms with Gasteiger partial charge in [-0.05, 0) is 35.2 Å². The SMILES string of the molecule is COCC#Cc1cnc(N)c2c(-c3ccc(NC(=O)c4cc5ccccc5n4C)c(OC)c3)csc12. The Bertz CT molecular complexity index is 1670. The van der Waals surface area contributed by atoms with Gasteiger partial charge in [-0.2, -0.15) is 0 Å². The van der Waals surface area contributed by atoms with E-state index in [2.05, 4.69) is 22.1 Å². The van der Waals surface area contributed by atoms with Crippen LogP contribution in [0.1, 0.15) is 16.1 Å². The fourth-order valence-corrected chi connectivity index (χ4v) is 5.28. The summed E-state index contributed by atoms with van der Waals surface area (Å²) in [4.78, 5) is 17.5. The van der Waals surface area contributed by atoms with E-state index in [1.54, 1.807) is 31.8 Å². The molecule has 36 heavy (non-hydrogen) atoms. The molecule has 0 fully saturated rings. The lowest BCUT2D eigenvalue weighted by molar-refractivity contribution is 0.101. The van der Waals surface area contributed by atoms with Gasteiger partial charge in [0.05, 0.1) is 23.1 Å². The summed E-state index contributed by atoms with van der Waals surface area (Å²) in [5.74, 6) is 6.84. The third kappa shape index (κ3) is 4.15. The number of nitrogens with one attached hydrogen (secondary N) is 1. The Morgan fingerprint density at radius 3 is 2.81 bits per heavy atom. The van der Waals surface area contributed by atoms with Crippen molar-refractivity contribution in [2.75, 3.05) is 31.9 Å². The molecule has 1 amide bonds. The molecule has 0 spiro atoms. The number of carbonyl (C=O) groups excluding carboxylic acids is 1. The molecular formula is C28H24N4O3S. The van der Waals surface area contributed by atoms with E-state index >= 15 is 0 Å². The second-order valence-electron chi connectivity index (χ2n) is 8.16. The number of thiophene rings is 1. The molecule has 0 aliphatic heterocycles. The van der Waals surface area contributed by atoms with Crippen LogP contribution >= 0.6 is 11.3 Å². The summed E-state index contributed by atoms with van der Waals surface area (Å²) >= 11 is 1.56. The number of methoxy groups -OCH3 is 2. The number of pyridine rings is 1. The van der Waals surface area contributed by atoms with Crippen LogP contribution in [0.4, 0.5) is 11.5 Å². The molecular weight excluding hydrogens is 472 g/mol. The van der Waals surface area contributed by atoms with Gasteiger partial charge in [-0.3, -0.25) is 4.79 Å². The molecule has 0 radical (unpaired) electrons. The van der Waals surface area contributed by atoms with Crippen molar-refractivity contribution in [3.8, 4) is 28.7 Å². The average Bonchev–Trinajstić information content (AvgIpc) is 3.49. The summed E-state index contributed by atoms with van der Waals surface area (Å²) in [7, 11) is 5.07. The second-order valence-corrected chi connectivity index (χ2v) is 9.04. The number of para-hydroxylation sites is 1. The van der Waals surface area contributed by atoms with Crippen LogP contribution in [0.5, 0.6) is 5.75 Å². The Kier molecular flexibility index (Phi) is 6.34. The lowest BCUT2D eigenvalue weighted by atomic mass is 10.0. The third-order valence-corrected chi connectivity index (χ3v) is 7.02. The molecule has 5 rings (SSSR count). The lowest BCUT2D eigenvalue weighted by Crippen LogP contribution is -2.16. The maximum absolute atomic E-state index is 13.1. The standard InChI is InChI=1S/C28H24N4O3S/c1-32-22-9-5-4-7-18(22)13-23(32)28(33)31-21-11-10-17(14-24(21)35-3)20-16-36-26-19(8-6-12-34-2)15-30-27(29)25(20)26/h4-5,7,9-11,13-16H,12H2,1-3H3,(H2,29,30)(H,31,33). The Hall–Kier alpha value is -4.32. The van der Waals surface area contributed by atoms with Gasteiger partial charge in [0.2, 0.25) is 0 Å². The monoisotopic (exact) mass is 496 g/mol. The predicted octanol–water partition coefficient (Wildman–Crippen LogP) is 5.30. The summed E-state index contributed by atoms with van der Waals surface area (Å²) in [5, 5.41) is 6.88. The number of amides is 1. The zero-order valence-electron chi connectivity index (χ0n) is 20.1. The zero-order chi connectivity index (χ0) is 25.2. The van der Waals surface area contributed by atoms with Crippen molar-refractivity contribution in [2.45, 2.75) is 0 Å². The Balaban J connectivity index is 1.49. The van der Waals surface area contributed by atoms with Gasteiger partial charge in [0, 0.05) is 42.2 Å². The number of anilines is 2. The highest BCUT2D eigenvalue weighted by Gasteiger charge is 2.18. The molecule has 2 aromatic carbocycles.